The van der Waals surface area contributed by atoms with Crippen molar-refractivity contribution in [2.24, 2.45) is 0 Å². The molecule has 0 saturated heterocycles. The molecule has 92 valence electrons. The zero-order chi connectivity index (χ0) is 12.5. The van der Waals surface area contributed by atoms with Gasteiger partial charge in [0.05, 0.1) is 5.69 Å². The number of rotatable bonds is 3. The van der Waals surface area contributed by atoms with E-state index in [4.69, 9.17) is 0 Å². The number of nitrogens with one attached hydrogen (secondary N) is 2. The second kappa shape index (κ2) is 4.10. The molecule has 3 heterocycles. The predicted octanol–water partition coefficient (Wildman–Crippen LogP) is 1.62. The molecule has 0 aliphatic rings. The molecule has 0 amide bonds. The molecule has 0 aliphatic heterocycles. The quantitative estimate of drug-likeness (QED) is 0.730. The van der Waals surface area contributed by atoms with Crippen molar-refractivity contribution in [3.63, 3.8) is 0 Å². The smallest absolute Gasteiger partial charge is 0.163 e. The summed E-state index contributed by atoms with van der Waals surface area (Å²) in [6, 6.07) is 1.90. The predicted molar refractivity (Wildman–Crippen MR) is 67.6 cm³/mol. The van der Waals surface area contributed by atoms with E-state index < -0.39 is 0 Å². The Morgan fingerprint density at radius 1 is 1.33 bits per heavy atom. The van der Waals surface area contributed by atoms with Crippen molar-refractivity contribution < 1.29 is 0 Å². The van der Waals surface area contributed by atoms with E-state index in [0.717, 1.165) is 29.1 Å². The van der Waals surface area contributed by atoms with Gasteiger partial charge in [0.1, 0.15) is 11.8 Å². The first-order chi connectivity index (χ1) is 8.78. The average Bonchev–Trinajstić information content (AvgIpc) is 2.98. The summed E-state index contributed by atoms with van der Waals surface area (Å²) in [6.07, 6.45) is 3.43. The second-order valence-electron chi connectivity index (χ2n) is 3.95. The Morgan fingerprint density at radius 2 is 2.22 bits per heavy atom. The van der Waals surface area contributed by atoms with Gasteiger partial charge in [-0.2, -0.15) is 10.2 Å². The van der Waals surface area contributed by atoms with Gasteiger partial charge in [-0.1, -0.05) is 0 Å². The minimum absolute atomic E-state index is 0.658. The summed E-state index contributed by atoms with van der Waals surface area (Å²) in [4.78, 5) is 8.39. The molecule has 18 heavy (non-hydrogen) atoms. The van der Waals surface area contributed by atoms with Crippen LogP contribution in [0.25, 0.3) is 11.0 Å². The molecule has 0 bridgehead atoms. The van der Waals surface area contributed by atoms with Crippen LogP contribution in [-0.4, -0.2) is 29.9 Å². The molecule has 3 rings (SSSR count). The Balaban J connectivity index is 1.99. The van der Waals surface area contributed by atoms with Gasteiger partial charge in [-0.25, -0.2) is 9.97 Å². The summed E-state index contributed by atoms with van der Waals surface area (Å²) < 4.78 is 1.84. The van der Waals surface area contributed by atoms with Gasteiger partial charge in [-0.3, -0.25) is 9.78 Å². The molecule has 0 fully saturated rings. The van der Waals surface area contributed by atoms with Gasteiger partial charge in [0.15, 0.2) is 17.2 Å². The lowest BCUT2D eigenvalue weighted by atomic mass is 10.3. The first-order valence-electron chi connectivity index (χ1n) is 5.74. The normalized spacial score (nSPS) is 11.0. The average molecular weight is 243 g/mol. The van der Waals surface area contributed by atoms with E-state index in [-0.39, 0.29) is 0 Å². The van der Waals surface area contributed by atoms with Crippen LogP contribution in [-0.2, 0) is 6.54 Å². The third-order valence-electron chi connectivity index (χ3n) is 2.72. The maximum absolute atomic E-state index is 4.34. The standard InChI is InChI=1S/C11H13N7/c1-3-18-5-4-8(17-18)14-11-10-9(12-6-13-11)7(2)15-16-10/h4-6H,3H2,1-2H3,(H,15,16)(H,12,13,14,17). The van der Waals surface area contributed by atoms with Crippen LogP contribution < -0.4 is 5.32 Å². The summed E-state index contributed by atoms with van der Waals surface area (Å²) >= 11 is 0. The molecule has 2 N–H and O–H groups in total. The number of H-pyrrole nitrogens is 1. The Kier molecular flexibility index (Phi) is 2.44. The van der Waals surface area contributed by atoms with E-state index in [1.165, 1.54) is 6.33 Å². The van der Waals surface area contributed by atoms with Crippen molar-refractivity contribution in [3.05, 3.63) is 24.3 Å². The van der Waals surface area contributed by atoms with E-state index in [9.17, 15) is 0 Å². The molecule has 0 atom stereocenters. The van der Waals surface area contributed by atoms with Gasteiger partial charge in [0.25, 0.3) is 0 Å². The number of aryl methyl sites for hydroxylation is 2. The maximum atomic E-state index is 4.34. The molecule has 0 spiro atoms. The molecule has 7 nitrogen and oxygen atoms in total. The third-order valence-corrected chi connectivity index (χ3v) is 2.72. The Hall–Kier alpha value is -2.44. The Labute approximate surface area is 103 Å². The van der Waals surface area contributed by atoms with Crippen LogP contribution in [0.3, 0.4) is 0 Å². The fourth-order valence-electron chi connectivity index (χ4n) is 1.77. The number of hydrogen-bond acceptors (Lipinski definition) is 5. The minimum Gasteiger partial charge on any atom is -0.321 e. The molecule has 0 saturated carbocycles. The van der Waals surface area contributed by atoms with E-state index in [2.05, 4.69) is 30.6 Å². The monoisotopic (exact) mass is 243 g/mol. The van der Waals surface area contributed by atoms with E-state index in [1.54, 1.807) is 0 Å². The number of aromatic nitrogens is 6. The summed E-state index contributed by atoms with van der Waals surface area (Å²) in [5, 5.41) is 14.6. The number of hydrogen-bond donors (Lipinski definition) is 2. The van der Waals surface area contributed by atoms with Gasteiger partial charge >= 0.3 is 0 Å². The fourth-order valence-corrected chi connectivity index (χ4v) is 1.77. The van der Waals surface area contributed by atoms with Crippen molar-refractivity contribution >= 4 is 22.7 Å². The Bertz CT molecular complexity index is 682. The van der Waals surface area contributed by atoms with E-state index >= 15 is 0 Å². The van der Waals surface area contributed by atoms with Crippen LogP contribution >= 0.6 is 0 Å². The lowest BCUT2D eigenvalue weighted by Gasteiger charge is -2.01. The molecule has 3 aromatic heterocycles. The van der Waals surface area contributed by atoms with Crippen LogP contribution in [0.15, 0.2) is 18.6 Å². The highest BCUT2D eigenvalue weighted by Crippen LogP contribution is 2.21. The number of aromatic amines is 1. The highest BCUT2D eigenvalue weighted by molar-refractivity contribution is 5.87. The fraction of sp³-hybridized carbons (Fsp3) is 0.273. The molecule has 0 aliphatic carbocycles. The van der Waals surface area contributed by atoms with Gasteiger partial charge in [0.2, 0.25) is 0 Å². The van der Waals surface area contributed by atoms with Crippen molar-refractivity contribution in [2.75, 3.05) is 5.32 Å². The van der Waals surface area contributed by atoms with Gasteiger partial charge in [-0.05, 0) is 13.8 Å². The number of nitrogens with zero attached hydrogens (tertiary/aromatic N) is 5. The first-order valence-corrected chi connectivity index (χ1v) is 5.74. The lowest BCUT2D eigenvalue weighted by Crippen LogP contribution is -1.99. The topological polar surface area (TPSA) is 84.3 Å². The molecule has 7 heteroatoms. The van der Waals surface area contributed by atoms with Crippen LogP contribution in [0.5, 0.6) is 0 Å². The number of anilines is 2. The van der Waals surface area contributed by atoms with Crippen LogP contribution in [0, 0.1) is 6.92 Å². The van der Waals surface area contributed by atoms with Crippen molar-refractivity contribution in [3.8, 4) is 0 Å². The van der Waals surface area contributed by atoms with Gasteiger partial charge in [-0.15, -0.1) is 0 Å². The molecule has 0 aromatic carbocycles. The Morgan fingerprint density at radius 3 is 3.00 bits per heavy atom. The summed E-state index contributed by atoms with van der Waals surface area (Å²) in [6.45, 7) is 4.80. The summed E-state index contributed by atoms with van der Waals surface area (Å²) in [5.41, 5.74) is 2.47. The molecular formula is C11H13N7. The molecule has 0 radical (unpaired) electrons. The van der Waals surface area contributed by atoms with Gasteiger partial charge in [0, 0.05) is 18.8 Å². The van der Waals surface area contributed by atoms with Gasteiger partial charge < -0.3 is 5.32 Å². The van der Waals surface area contributed by atoms with Crippen molar-refractivity contribution in [1.29, 1.82) is 0 Å². The zero-order valence-corrected chi connectivity index (χ0v) is 10.2. The van der Waals surface area contributed by atoms with E-state index in [1.807, 2.05) is 30.8 Å². The maximum Gasteiger partial charge on any atom is 0.163 e. The van der Waals surface area contributed by atoms with Crippen molar-refractivity contribution in [1.82, 2.24) is 29.9 Å². The number of fused-ring (bicyclic) bond motifs is 1. The highest BCUT2D eigenvalue weighted by atomic mass is 15.3. The van der Waals surface area contributed by atoms with Crippen LogP contribution in [0.1, 0.15) is 12.6 Å². The summed E-state index contributed by atoms with van der Waals surface area (Å²) in [7, 11) is 0. The molecular weight excluding hydrogens is 230 g/mol. The highest BCUT2D eigenvalue weighted by Gasteiger charge is 2.10. The third kappa shape index (κ3) is 1.69. The second-order valence-corrected chi connectivity index (χ2v) is 3.95. The van der Waals surface area contributed by atoms with Crippen LogP contribution in [0.4, 0.5) is 11.6 Å². The largest absolute Gasteiger partial charge is 0.321 e. The summed E-state index contributed by atoms with van der Waals surface area (Å²) in [5.74, 6) is 1.41. The van der Waals surface area contributed by atoms with Crippen molar-refractivity contribution in [2.45, 2.75) is 20.4 Å². The molecule has 0 unspecified atom stereocenters. The lowest BCUT2D eigenvalue weighted by molar-refractivity contribution is 0.662. The van der Waals surface area contributed by atoms with E-state index in [0.29, 0.717) is 5.82 Å². The first kappa shape index (κ1) is 10.7. The zero-order valence-electron chi connectivity index (χ0n) is 10.2. The molecule has 3 aromatic rings. The van der Waals surface area contributed by atoms with Crippen LogP contribution in [0.2, 0.25) is 0 Å². The SMILES string of the molecule is CCn1ccc(Nc2ncnc3c(C)[nH]nc23)n1. The minimum atomic E-state index is 0.658.